The molecule has 0 aliphatic carbocycles. The molecule has 0 rings (SSSR count). The van der Waals surface area contributed by atoms with Crippen molar-refractivity contribution in [1.29, 1.82) is 0 Å². The molecule has 0 saturated carbocycles. The normalized spacial score (nSPS) is 11.6. The molecule has 0 spiro atoms. The van der Waals surface area contributed by atoms with Gasteiger partial charge in [0.25, 0.3) is 0 Å². The van der Waals surface area contributed by atoms with Crippen LogP contribution in [0.5, 0.6) is 0 Å². The van der Waals surface area contributed by atoms with Gasteiger partial charge in [0.2, 0.25) is 0 Å². The molecule has 0 radical (unpaired) electrons. The van der Waals surface area contributed by atoms with Crippen molar-refractivity contribution in [2.45, 2.75) is 25.8 Å². The van der Waals surface area contributed by atoms with Crippen LogP contribution in [-0.4, -0.2) is 37.5 Å². The first-order chi connectivity index (χ1) is 7.47. The fourth-order valence-corrected chi connectivity index (χ4v) is 1.10. The van der Waals surface area contributed by atoms with Crippen LogP contribution in [0.25, 0.3) is 0 Å². The quantitative estimate of drug-likeness (QED) is 0.172. The molecule has 0 heterocycles. The molecule has 0 amide bonds. The lowest BCUT2D eigenvalue weighted by molar-refractivity contribution is -0.159. The van der Waals surface area contributed by atoms with E-state index in [1.54, 1.807) is 7.05 Å². The van der Waals surface area contributed by atoms with Crippen molar-refractivity contribution in [3.63, 3.8) is 0 Å². The molecule has 7 nitrogen and oxygen atoms in total. The third-order valence-electron chi connectivity index (χ3n) is 1.82. The van der Waals surface area contributed by atoms with Gasteiger partial charge in [-0.05, 0) is 19.9 Å². The first-order valence-electron chi connectivity index (χ1n) is 4.92. The Morgan fingerprint density at radius 2 is 2.06 bits per heavy atom. The molecular formula is C9H18N4O3. The molecule has 0 aromatic rings. The van der Waals surface area contributed by atoms with E-state index in [4.69, 9.17) is 11.5 Å². The zero-order valence-corrected chi connectivity index (χ0v) is 9.53. The van der Waals surface area contributed by atoms with Gasteiger partial charge in [-0.25, -0.2) is 4.79 Å². The van der Waals surface area contributed by atoms with E-state index < -0.39 is 18.0 Å². The zero-order valence-electron chi connectivity index (χ0n) is 9.53. The summed E-state index contributed by atoms with van der Waals surface area (Å²) in [4.78, 5) is 25.7. The predicted molar refractivity (Wildman–Crippen MR) is 59.5 cm³/mol. The SMILES string of the molecule is CN[C@@H](CCCN=C(N)N)C(=O)OC(C)=O. The number of nitrogens with two attached hydrogens (primary N) is 2. The van der Waals surface area contributed by atoms with Gasteiger partial charge >= 0.3 is 11.9 Å². The molecule has 0 aliphatic rings. The Hall–Kier alpha value is -1.63. The van der Waals surface area contributed by atoms with Gasteiger partial charge in [-0.2, -0.15) is 0 Å². The van der Waals surface area contributed by atoms with Gasteiger partial charge in [0.15, 0.2) is 5.96 Å². The predicted octanol–water partition coefficient (Wildman–Crippen LogP) is -1.28. The lowest BCUT2D eigenvalue weighted by Crippen LogP contribution is -2.36. The van der Waals surface area contributed by atoms with E-state index in [1.807, 2.05) is 0 Å². The van der Waals surface area contributed by atoms with E-state index >= 15 is 0 Å². The molecule has 0 aromatic heterocycles. The summed E-state index contributed by atoms with van der Waals surface area (Å²) >= 11 is 0. The monoisotopic (exact) mass is 230 g/mol. The van der Waals surface area contributed by atoms with Gasteiger partial charge < -0.3 is 21.5 Å². The van der Waals surface area contributed by atoms with Crippen LogP contribution in [0.2, 0.25) is 0 Å². The maximum Gasteiger partial charge on any atom is 0.330 e. The number of esters is 2. The number of hydrogen-bond donors (Lipinski definition) is 3. The topological polar surface area (TPSA) is 120 Å². The average Bonchev–Trinajstić information content (AvgIpc) is 2.16. The van der Waals surface area contributed by atoms with Gasteiger partial charge in [0, 0.05) is 13.5 Å². The summed E-state index contributed by atoms with van der Waals surface area (Å²) in [6, 6.07) is -0.516. The van der Waals surface area contributed by atoms with Crippen LogP contribution >= 0.6 is 0 Å². The van der Waals surface area contributed by atoms with E-state index in [0.29, 0.717) is 19.4 Å². The minimum Gasteiger partial charge on any atom is -0.392 e. The Balaban J connectivity index is 3.96. The molecule has 0 aromatic carbocycles. The number of rotatable bonds is 6. The van der Waals surface area contributed by atoms with E-state index in [9.17, 15) is 9.59 Å². The molecular weight excluding hydrogens is 212 g/mol. The van der Waals surface area contributed by atoms with Gasteiger partial charge in [-0.15, -0.1) is 0 Å². The summed E-state index contributed by atoms with van der Waals surface area (Å²) in [5, 5.41) is 2.76. The Labute approximate surface area is 94.2 Å². The van der Waals surface area contributed by atoms with Crippen LogP contribution in [0.15, 0.2) is 4.99 Å². The Bertz CT molecular complexity index is 274. The highest BCUT2D eigenvalue weighted by Gasteiger charge is 2.18. The van der Waals surface area contributed by atoms with Crippen molar-refractivity contribution in [2.75, 3.05) is 13.6 Å². The molecule has 0 saturated heterocycles. The first-order valence-corrected chi connectivity index (χ1v) is 4.92. The Morgan fingerprint density at radius 1 is 1.44 bits per heavy atom. The van der Waals surface area contributed by atoms with Crippen LogP contribution in [0.4, 0.5) is 0 Å². The second-order valence-electron chi connectivity index (χ2n) is 3.20. The van der Waals surface area contributed by atoms with E-state index in [2.05, 4.69) is 15.0 Å². The van der Waals surface area contributed by atoms with Crippen LogP contribution in [0.1, 0.15) is 19.8 Å². The fourth-order valence-electron chi connectivity index (χ4n) is 1.10. The minimum atomic E-state index is -0.616. The van der Waals surface area contributed by atoms with Crippen LogP contribution in [-0.2, 0) is 14.3 Å². The first kappa shape index (κ1) is 14.4. The van der Waals surface area contributed by atoms with E-state index in [0.717, 1.165) is 0 Å². The van der Waals surface area contributed by atoms with E-state index in [1.165, 1.54) is 6.92 Å². The number of nitrogens with zero attached hydrogens (tertiary/aromatic N) is 1. The van der Waals surface area contributed by atoms with Crippen LogP contribution < -0.4 is 16.8 Å². The molecule has 16 heavy (non-hydrogen) atoms. The molecule has 5 N–H and O–H groups in total. The smallest absolute Gasteiger partial charge is 0.330 e. The van der Waals surface area contributed by atoms with Crippen molar-refractivity contribution in [3.05, 3.63) is 0 Å². The molecule has 0 bridgehead atoms. The van der Waals surface area contributed by atoms with E-state index in [-0.39, 0.29) is 5.96 Å². The molecule has 0 unspecified atom stereocenters. The maximum absolute atomic E-state index is 11.3. The lowest BCUT2D eigenvalue weighted by atomic mass is 10.1. The lowest BCUT2D eigenvalue weighted by Gasteiger charge is -2.12. The molecule has 1 atom stereocenters. The number of hydrogen-bond acceptors (Lipinski definition) is 5. The number of carbonyl (C=O) groups is 2. The van der Waals surface area contributed by atoms with Gasteiger partial charge in [-0.1, -0.05) is 0 Å². The summed E-state index contributed by atoms with van der Waals surface area (Å²) in [7, 11) is 1.62. The Morgan fingerprint density at radius 3 is 2.50 bits per heavy atom. The number of ether oxygens (including phenoxy) is 1. The number of guanidine groups is 1. The van der Waals surface area contributed by atoms with Gasteiger partial charge in [-0.3, -0.25) is 9.79 Å². The number of likely N-dealkylation sites (N-methyl/N-ethyl adjacent to an activating group) is 1. The average molecular weight is 230 g/mol. The highest BCUT2D eigenvalue weighted by Crippen LogP contribution is 2.00. The van der Waals surface area contributed by atoms with Crippen LogP contribution in [0.3, 0.4) is 0 Å². The summed E-state index contributed by atoms with van der Waals surface area (Å²) in [6.07, 6.45) is 1.12. The van der Waals surface area contributed by atoms with Gasteiger partial charge in [0.1, 0.15) is 6.04 Å². The molecule has 0 aliphatic heterocycles. The van der Waals surface area contributed by atoms with Gasteiger partial charge in [0.05, 0.1) is 0 Å². The molecule has 92 valence electrons. The summed E-state index contributed by atoms with van der Waals surface area (Å²) < 4.78 is 4.46. The number of aliphatic imine (C=N–C) groups is 1. The highest BCUT2D eigenvalue weighted by molar-refractivity contribution is 5.87. The van der Waals surface area contributed by atoms with Crippen molar-refractivity contribution in [2.24, 2.45) is 16.5 Å². The second kappa shape index (κ2) is 7.63. The third-order valence-corrected chi connectivity index (χ3v) is 1.82. The number of nitrogens with one attached hydrogen (secondary N) is 1. The van der Waals surface area contributed by atoms with Crippen molar-refractivity contribution in [3.8, 4) is 0 Å². The zero-order chi connectivity index (χ0) is 12.6. The van der Waals surface area contributed by atoms with Crippen LogP contribution in [0, 0.1) is 0 Å². The fraction of sp³-hybridized carbons (Fsp3) is 0.667. The summed E-state index contributed by atoms with van der Waals surface area (Å²) in [6.45, 7) is 1.62. The van der Waals surface area contributed by atoms with Crippen molar-refractivity contribution in [1.82, 2.24) is 5.32 Å². The largest absolute Gasteiger partial charge is 0.392 e. The van der Waals surface area contributed by atoms with Crippen molar-refractivity contribution < 1.29 is 14.3 Å². The second-order valence-corrected chi connectivity index (χ2v) is 3.20. The standard InChI is InChI=1S/C9H18N4O3/c1-6(14)16-8(15)7(12-2)4-3-5-13-9(10)11/h7,12H,3-5H2,1-2H3,(H4,10,11,13)/t7-/m0/s1. The molecule has 7 heteroatoms. The summed E-state index contributed by atoms with van der Waals surface area (Å²) in [5.41, 5.74) is 10.3. The summed E-state index contributed by atoms with van der Waals surface area (Å²) in [5.74, 6) is -1.18. The third kappa shape index (κ3) is 6.77. The number of carbonyl (C=O) groups excluding carboxylic acids is 2. The molecule has 0 fully saturated rings. The maximum atomic E-state index is 11.3. The minimum absolute atomic E-state index is 0.0207. The highest BCUT2D eigenvalue weighted by atomic mass is 16.6. The Kier molecular flexibility index (Phi) is 6.86. The van der Waals surface area contributed by atoms with Crippen molar-refractivity contribution >= 4 is 17.9 Å².